The van der Waals surface area contributed by atoms with Gasteiger partial charge in [-0.05, 0) is 19.1 Å². The molecule has 90 valence electrons. The molecule has 5 heteroatoms. The zero-order chi connectivity index (χ0) is 12.8. The normalized spacial score (nSPS) is 11.4. The van der Waals surface area contributed by atoms with Gasteiger partial charge in [0.2, 0.25) is 0 Å². The summed E-state index contributed by atoms with van der Waals surface area (Å²) in [7, 11) is 0. The van der Waals surface area contributed by atoms with E-state index in [1.54, 1.807) is 24.3 Å². The van der Waals surface area contributed by atoms with Gasteiger partial charge in [0, 0.05) is 6.92 Å². The highest BCUT2D eigenvalue weighted by Crippen LogP contribution is 2.17. The molecule has 5 nitrogen and oxygen atoms in total. The first-order valence-corrected chi connectivity index (χ1v) is 4.97. The maximum Gasteiger partial charge on any atom is 0.354 e. The van der Waals surface area contributed by atoms with E-state index in [9.17, 15) is 14.4 Å². The smallest absolute Gasteiger partial charge is 0.354 e. The van der Waals surface area contributed by atoms with Crippen molar-refractivity contribution in [2.75, 3.05) is 0 Å². The second kappa shape index (κ2) is 5.79. The van der Waals surface area contributed by atoms with Gasteiger partial charge in [0.25, 0.3) is 0 Å². The molecule has 0 aliphatic carbocycles. The topological polar surface area (TPSA) is 69.7 Å². The number of carbonyl (C=O) groups is 3. The second-order valence-electron chi connectivity index (χ2n) is 3.33. The van der Waals surface area contributed by atoms with E-state index < -0.39 is 18.0 Å². The first-order valence-electron chi connectivity index (χ1n) is 4.97. The fourth-order valence-electron chi connectivity index (χ4n) is 1.15. The highest BCUT2D eigenvalue weighted by atomic mass is 16.6. The van der Waals surface area contributed by atoms with Crippen molar-refractivity contribution in [3.8, 4) is 5.75 Å². The molecule has 1 aromatic carbocycles. The van der Waals surface area contributed by atoms with Crippen LogP contribution in [0.1, 0.15) is 24.2 Å². The molecular formula is C12H12O5. The van der Waals surface area contributed by atoms with Gasteiger partial charge < -0.3 is 9.47 Å². The molecule has 0 fully saturated rings. The van der Waals surface area contributed by atoms with E-state index in [4.69, 9.17) is 4.74 Å². The summed E-state index contributed by atoms with van der Waals surface area (Å²) in [5, 5.41) is 0. The van der Waals surface area contributed by atoms with Crippen LogP contribution in [-0.4, -0.2) is 24.3 Å². The van der Waals surface area contributed by atoms with E-state index in [0.717, 1.165) is 6.92 Å². The molecule has 0 aliphatic rings. The van der Waals surface area contributed by atoms with Crippen molar-refractivity contribution < 1.29 is 23.9 Å². The predicted octanol–water partition coefficient (Wildman–Crippen LogP) is 1.36. The Morgan fingerprint density at radius 1 is 1.29 bits per heavy atom. The average Bonchev–Trinajstić information content (AvgIpc) is 2.28. The van der Waals surface area contributed by atoms with Crippen LogP contribution >= 0.6 is 0 Å². The lowest BCUT2D eigenvalue weighted by molar-refractivity contribution is -0.162. The standard InChI is InChI=1S/C12H12O5/c1-8(12(15)17-9(2)14)16-11-6-4-3-5-10(11)7-13/h3-8H,1-2H3. The summed E-state index contributed by atoms with van der Waals surface area (Å²) in [4.78, 5) is 32.6. The SMILES string of the molecule is CC(=O)OC(=O)C(C)Oc1ccccc1C=O. The third-order valence-corrected chi connectivity index (χ3v) is 1.93. The van der Waals surface area contributed by atoms with Crippen molar-refractivity contribution in [3.63, 3.8) is 0 Å². The van der Waals surface area contributed by atoms with Crippen molar-refractivity contribution in [3.05, 3.63) is 29.8 Å². The van der Waals surface area contributed by atoms with E-state index in [2.05, 4.69) is 4.74 Å². The summed E-state index contributed by atoms with van der Waals surface area (Å²) in [6.45, 7) is 2.57. The van der Waals surface area contributed by atoms with Crippen molar-refractivity contribution >= 4 is 18.2 Å². The molecule has 0 saturated carbocycles. The third kappa shape index (κ3) is 3.71. The van der Waals surface area contributed by atoms with Crippen molar-refractivity contribution in [1.82, 2.24) is 0 Å². The van der Waals surface area contributed by atoms with Gasteiger partial charge in [-0.3, -0.25) is 9.59 Å². The first-order chi connectivity index (χ1) is 8.04. The maximum atomic E-state index is 11.3. The van der Waals surface area contributed by atoms with Gasteiger partial charge in [0.1, 0.15) is 5.75 Å². The molecule has 1 atom stereocenters. The van der Waals surface area contributed by atoms with E-state index in [1.807, 2.05) is 0 Å². The van der Waals surface area contributed by atoms with Gasteiger partial charge in [-0.2, -0.15) is 0 Å². The molecule has 0 amide bonds. The van der Waals surface area contributed by atoms with Crippen LogP contribution in [0, 0.1) is 0 Å². The molecule has 1 rings (SSSR count). The molecule has 0 aromatic heterocycles. The lowest BCUT2D eigenvalue weighted by Crippen LogP contribution is -2.27. The van der Waals surface area contributed by atoms with Crippen LogP contribution in [-0.2, 0) is 14.3 Å². The molecule has 0 radical (unpaired) electrons. The quantitative estimate of drug-likeness (QED) is 0.448. The van der Waals surface area contributed by atoms with E-state index >= 15 is 0 Å². The van der Waals surface area contributed by atoms with Gasteiger partial charge in [0.15, 0.2) is 12.4 Å². The first kappa shape index (κ1) is 12.9. The monoisotopic (exact) mass is 236 g/mol. The summed E-state index contributed by atoms with van der Waals surface area (Å²) in [5.41, 5.74) is 0.329. The minimum Gasteiger partial charge on any atom is -0.478 e. The summed E-state index contributed by atoms with van der Waals surface area (Å²) in [5.74, 6) is -1.22. The van der Waals surface area contributed by atoms with Crippen LogP contribution in [0.3, 0.4) is 0 Å². The Hall–Kier alpha value is -2.17. The van der Waals surface area contributed by atoms with Crippen LogP contribution in [0.5, 0.6) is 5.75 Å². The third-order valence-electron chi connectivity index (χ3n) is 1.93. The highest BCUT2D eigenvalue weighted by Gasteiger charge is 2.19. The summed E-state index contributed by atoms with van der Waals surface area (Å²) < 4.78 is 9.61. The number of hydrogen-bond acceptors (Lipinski definition) is 5. The highest BCUT2D eigenvalue weighted by molar-refractivity contribution is 5.87. The van der Waals surface area contributed by atoms with Crippen molar-refractivity contribution in [2.45, 2.75) is 20.0 Å². The van der Waals surface area contributed by atoms with E-state index in [1.165, 1.54) is 6.92 Å². The Balaban J connectivity index is 2.73. The van der Waals surface area contributed by atoms with Crippen LogP contribution in [0.25, 0.3) is 0 Å². The number of benzene rings is 1. The number of ether oxygens (including phenoxy) is 2. The molecule has 0 saturated heterocycles. The fraction of sp³-hybridized carbons (Fsp3) is 0.250. The van der Waals surface area contributed by atoms with Crippen LogP contribution < -0.4 is 4.74 Å². The fourth-order valence-corrected chi connectivity index (χ4v) is 1.15. The Bertz CT molecular complexity index is 438. The zero-order valence-electron chi connectivity index (χ0n) is 9.51. The van der Waals surface area contributed by atoms with E-state index in [0.29, 0.717) is 11.8 Å². The van der Waals surface area contributed by atoms with Gasteiger partial charge in [-0.15, -0.1) is 0 Å². The Kier molecular flexibility index (Phi) is 4.39. The molecule has 0 spiro atoms. The van der Waals surface area contributed by atoms with Gasteiger partial charge in [0.05, 0.1) is 5.56 Å². The van der Waals surface area contributed by atoms with Crippen LogP contribution in [0.2, 0.25) is 0 Å². The van der Waals surface area contributed by atoms with Crippen molar-refractivity contribution in [1.29, 1.82) is 0 Å². The molecule has 17 heavy (non-hydrogen) atoms. The summed E-state index contributed by atoms with van der Waals surface area (Å²) >= 11 is 0. The van der Waals surface area contributed by atoms with Gasteiger partial charge in [-0.25, -0.2) is 4.79 Å². The van der Waals surface area contributed by atoms with Gasteiger partial charge >= 0.3 is 11.9 Å². The van der Waals surface area contributed by atoms with Gasteiger partial charge in [-0.1, -0.05) is 12.1 Å². The maximum absolute atomic E-state index is 11.3. The zero-order valence-corrected chi connectivity index (χ0v) is 9.51. The summed E-state index contributed by atoms with van der Waals surface area (Å²) in [6, 6.07) is 6.47. The van der Waals surface area contributed by atoms with Crippen LogP contribution in [0.15, 0.2) is 24.3 Å². The number of rotatable bonds is 4. The second-order valence-corrected chi connectivity index (χ2v) is 3.33. The Morgan fingerprint density at radius 2 is 1.94 bits per heavy atom. The minimum atomic E-state index is -0.958. The lowest BCUT2D eigenvalue weighted by Gasteiger charge is -2.13. The Morgan fingerprint density at radius 3 is 2.53 bits per heavy atom. The number of para-hydroxylation sites is 1. The number of hydrogen-bond donors (Lipinski definition) is 0. The number of esters is 2. The molecule has 1 aromatic rings. The van der Waals surface area contributed by atoms with Crippen LogP contribution in [0.4, 0.5) is 0 Å². The van der Waals surface area contributed by atoms with Crippen molar-refractivity contribution in [2.24, 2.45) is 0 Å². The Labute approximate surface area is 98.3 Å². The van der Waals surface area contributed by atoms with E-state index in [-0.39, 0.29) is 5.75 Å². The number of aldehydes is 1. The summed E-state index contributed by atoms with van der Waals surface area (Å²) in [6.07, 6.45) is -0.335. The molecule has 0 aliphatic heterocycles. The number of carbonyl (C=O) groups excluding carboxylic acids is 3. The molecule has 0 N–H and O–H groups in total. The predicted molar refractivity (Wildman–Crippen MR) is 58.7 cm³/mol. The molecule has 0 bridgehead atoms. The lowest BCUT2D eigenvalue weighted by atomic mass is 10.2. The average molecular weight is 236 g/mol. The molecular weight excluding hydrogens is 224 g/mol. The minimum absolute atomic E-state index is 0.274. The molecule has 1 unspecified atom stereocenters. The largest absolute Gasteiger partial charge is 0.478 e. The molecule has 0 heterocycles.